The zero-order valence-corrected chi connectivity index (χ0v) is 16.2. The molecular formula is C21H13N5O3S. The summed E-state index contributed by atoms with van der Waals surface area (Å²) in [7, 11) is 0. The lowest BCUT2D eigenvalue weighted by Crippen LogP contribution is -2.14. The molecular weight excluding hydrogens is 402 g/mol. The quantitative estimate of drug-likeness (QED) is 0.259. The third-order valence-electron chi connectivity index (χ3n) is 4.78. The molecule has 1 heterocycles. The van der Waals surface area contributed by atoms with Gasteiger partial charge in [-0.2, -0.15) is 0 Å². The van der Waals surface area contributed by atoms with Crippen molar-refractivity contribution in [2.75, 3.05) is 11.1 Å². The Morgan fingerprint density at radius 3 is 2.37 bits per heavy atom. The number of rotatable bonds is 5. The second kappa shape index (κ2) is 7.20. The van der Waals surface area contributed by atoms with Gasteiger partial charge in [0.25, 0.3) is 5.69 Å². The molecule has 0 saturated carbocycles. The molecule has 1 amide bonds. The van der Waals surface area contributed by atoms with E-state index in [1.54, 1.807) is 0 Å². The van der Waals surface area contributed by atoms with E-state index in [4.69, 9.17) is 0 Å². The summed E-state index contributed by atoms with van der Waals surface area (Å²) in [5.74, 6) is -0.169. The van der Waals surface area contributed by atoms with Gasteiger partial charge in [-0.3, -0.25) is 14.9 Å². The van der Waals surface area contributed by atoms with E-state index >= 15 is 0 Å². The molecule has 0 spiro atoms. The molecule has 8 nitrogen and oxygen atoms in total. The molecule has 1 aliphatic rings. The SMILES string of the molecule is O=C(CSc1nnc2c(n1)-c1cccc3cccc-2c13)Nc1ccc([N+](=O)[O-])cc1. The fraction of sp³-hybridized carbons (Fsp3) is 0.0476. The number of nitrogens with zero attached hydrogens (tertiary/aromatic N) is 4. The van der Waals surface area contributed by atoms with Crippen LogP contribution in [0.15, 0.2) is 65.8 Å². The third-order valence-corrected chi connectivity index (χ3v) is 5.61. The number of fused-ring (bicyclic) bond motifs is 3. The molecule has 0 fully saturated rings. The number of aromatic nitrogens is 3. The molecule has 9 heteroatoms. The molecule has 0 unspecified atom stereocenters. The van der Waals surface area contributed by atoms with Crippen molar-refractivity contribution in [3.05, 3.63) is 70.8 Å². The van der Waals surface area contributed by atoms with Gasteiger partial charge in [0.2, 0.25) is 11.1 Å². The van der Waals surface area contributed by atoms with Gasteiger partial charge in [-0.1, -0.05) is 48.2 Å². The van der Waals surface area contributed by atoms with Crippen molar-refractivity contribution in [3.63, 3.8) is 0 Å². The number of nitrogens with one attached hydrogen (secondary N) is 1. The fourth-order valence-corrected chi connectivity index (χ4v) is 4.06. The number of carbonyl (C=O) groups is 1. The zero-order chi connectivity index (χ0) is 20.7. The van der Waals surface area contributed by atoms with Crippen molar-refractivity contribution in [3.8, 4) is 22.5 Å². The summed E-state index contributed by atoms with van der Waals surface area (Å²) in [5, 5.41) is 24.6. The van der Waals surface area contributed by atoms with E-state index in [9.17, 15) is 14.9 Å². The number of carbonyl (C=O) groups excluding carboxylic acids is 1. The Morgan fingerprint density at radius 2 is 1.67 bits per heavy atom. The maximum Gasteiger partial charge on any atom is 0.269 e. The molecule has 1 aromatic heterocycles. The molecule has 0 atom stereocenters. The summed E-state index contributed by atoms with van der Waals surface area (Å²) < 4.78 is 0. The minimum absolute atomic E-state index is 0.0315. The summed E-state index contributed by atoms with van der Waals surface area (Å²) >= 11 is 1.19. The lowest BCUT2D eigenvalue weighted by Gasteiger charge is -2.05. The number of anilines is 1. The maximum absolute atomic E-state index is 12.2. The maximum atomic E-state index is 12.2. The van der Waals surface area contributed by atoms with Gasteiger partial charge < -0.3 is 5.32 Å². The summed E-state index contributed by atoms with van der Waals surface area (Å²) in [6.07, 6.45) is 0. The van der Waals surface area contributed by atoms with E-state index in [-0.39, 0.29) is 17.3 Å². The second-order valence-electron chi connectivity index (χ2n) is 6.64. The van der Waals surface area contributed by atoms with Gasteiger partial charge in [0.05, 0.1) is 10.7 Å². The van der Waals surface area contributed by atoms with E-state index in [1.165, 1.54) is 36.0 Å². The Hall–Kier alpha value is -3.85. The van der Waals surface area contributed by atoms with E-state index in [0.717, 1.165) is 33.3 Å². The summed E-state index contributed by atoms with van der Waals surface area (Å²) in [5.41, 5.74) is 4.02. The molecule has 146 valence electrons. The highest BCUT2D eigenvalue weighted by molar-refractivity contribution is 7.99. The van der Waals surface area contributed by atoms with Crippen molar-refractivity contribution in [2.45, 2.75) is 5.16 Å². The Morgan fingerprint density at radius 1 is 0.967 bits per heavy atom. The molecule has 0 bridgehead atoms. The number of non-ortho nitro benzene ring substituents is 1. The van der Waals surface area contributed by atoms with E-state index in [2.05, 4.69) is 32.6 Å². The van der Waals surface area contributed by atoms with E-state index in [0.29, 0.717) is 10.8 Å². The number of nitro benzene ring substituents is 1. The van der Waals surface area contributed by atoms with Crippen molar-refractivity contribution in [1.29, 1.82) is 0 Å². The minimum Gasteiger partial charge on any atom is -0.325 e. The van der Waals surface area contributed by atoms with Crippen molar-refractivity contribution in [1.82, 2.24) is 15.2 Å². The Balaban J connectivity index is 1.31. The van der Waals surface area contributed by atoms with Crippen molar-refractivity contribution >= 4 is 39.8 Å². The average Bonchev–Trinajstić information content (AvgIpc) is 3.08. The van der Waals surface area contributed by atoms with Gasteiger partial charge in [0.1, 0.15) is 11.4 Å². The summed E-state index contributed by atoms with van der Waals surface area (Å²) in [6, 6.07) is 17.8. The summed E-state index contributed by atoms with van der Waals surface area (Å²) in [4.78, 5) is 27.1. The van der Waals surface area contributed by atoms with Crippen LogP contribution in [0.3, 0.4) is 0 Å². The van der Waals surface area contributed by atoms with Gasteiger partial charge in [-0.15, -0.1) is 10.2 Å². The molecule has 3 aromatic carbocycles. The van der Waals surface area contributed by atoms with E-state index < -0.39 is 4.92 Å². The third kappa shape index (κ3) is 3.15. The zero-order valence-electron chi connectivity index (χ0n) is 15.4. The van der Waals surface area contributed by atoms with E-state index in [1.807, 2.05) is 24.3 Å². The normalized spacial score (nSPS) is 11.3. The molecule has 0 radical (unpaired) electrons. The molecule has 1 N–H and O–H groups in total. The molecule has 0 aliphatic heterocycles. The van der Waals surface area contributed by atoms with Crippen LogP contribution in [-0.2, 0) is 4.79 Å². The van der Waals surface area contributed by atoms with Crippen LogP contribution in [0.4, 0.5) is 11.4 Å². The highest BCUT2D eigenvalue weighted by atomic mass is 32.2. The number of amides is 1. The second-order valence-corrected chi connectivity index (χ2v) is 7.58. The van der Waals surface area contributed by atoms with Crippen LogP contribution in [0.25, 0.3) is 33.3 Å². The Bertz CT molecular complexity index is 1320. The molecule has 1 aliphatic carbocycles. The first-order valence-corrected chi connectivity index (χ1v) is 10.0. The monoisotopic (exact) mass is 415 g/mol. The van der Waals surface area contributed by atoms with Gasteiger partial charge in [0, 0.05) is 34.3 Å². The van der Waals surface area contributed by atoms with Crippen molar-refractivity contribution < 1.29 is 9.72 Å². The number of benzene rings is 3. The first-order chi connectivity index (χ1) is 14.6. The lowest BCUT2D eigenvalue weighted by atomic mass is 10.0. The standard InChI is InChI=1S/C21H13N5O3S/c27-17(22-13-7-9-14(10-8-13)26(28)29)11-30-21-23-19-15-5-1-3-12-4-2-6-16(18(12)15)20(19)24-25-21/h1-10H,11H2,(H,22,27). The van der Waals surface area contributed by atoms with Crippen molar-refractivity contribution in [2.24, 2.45) is 0 Å². The largest absolute Gasteiger partial charge is 0.325 e. The number of nitro groups is 1. The molecule has 30 heavy (non-hydrogen) atoms. The van der Waals surface area contributed by atoms with Crippen LogP contribution in [0.1, 0.15) is 0 Å². The topological polar surface area (TPSA) is 111 Å². The highest BCUT2D eigenvalue weighted by Gasteiger charge is 2.25. The Labute approximate surface area is 174 Å². The van der Waals surface area contributed by atoms with Gasteiger partial charge in [-0.25, -0.2) is 4.98 Å². The smallest absolute Gasteiger partial charge is 0.269 e. The predicted molar refractivity (Wildman–Crippen MR) is 114 cm³/mol. The van der Waals surface area contributed by atoms with Gasteiger partial charge in [0.15, 0.2) is 0 Å². The van der Waals surface area contributed by atoms with Crippen LogP contribution in [0, 0.1) is 10.1 Å². The average molecular weight is 415 g/mol. The van der Waals surface area contributed by atoms with Crippen LogP contribution in [0.2, 0.25) is 0 Å². The molecule has 0 saturated heterocycles. The first-order valence-electron chi connectivity index (χ1n) is 9.04. The number of thioether (sulfide) groups is 1. The molecule has 4 aromatic rings. The fourth-order valence-electron chi connectivity index (χ4n) is 3.47. The van der Waals surface area contributed by atoms with Crippen LogP contribution >= 0.6 is 11.8 Å². The predicted octanol–water partition coefficient (Wildman–Crippen LogP) is 4.31. The van der Waals surface area contributed by atoms with Crippen LogP contribution in [0.5, 0.6) is 0 Å². The molecule has 5 rings (SSSR count). The van der Waals surface area contributed by atoms with Gasteiger partial charge in [-0.05, 0) is 17.5 Å². The van der Waals surface area contributed by atoms with Gasteiger partial charge >= 0.3 is 0 Å². The summed E-state index contributed by atoms with van der Waals surface area (Å²) in [6.45, 7) is 0. The van der Waals surface area contributed by atoms with Crippen LogP contribution in [-0.4, -0.2) is 31.8 Å². The first kappa shape index (κ1) is 18.2. The minimum atomic E-state index is -0.488. The lowest BCUT2D eigenvalue weighted by molar-refractivity contribution is -0.384. The number of hydrogen-bond donors (Lipinski definition) is 1. The highest BCUT2D eigenvalue weighted by Crippen LogP contribution is 2.44. The van der Waals surface area contributed by atoms with Crippen LogP contribution < -0.4 is 5.32 Å². The Kier molecular flexibility index (Phi) is 4.36. The number of hydrogen-bond acceptors (Lipinski definition) is 7.